The van der Waals surface area contributed by atoms with Crippen molar-refractivity contribution in [3.63, 3.8) is 0 Å². The molecule has 0 saturated heterocycles. The van der Waals surface area contributed by atoms with E-state index >= 15 is 0 Å². The van der Waals surface area contributed by atoms with Gasteiger partial charge in [-0.05, 0) is 18.2 Å². The maximum absolute atomic E-state index is 13.1. The van der Waals surface area contributed by atoms with E-state index in [2.05, 4.69) is 21.2 Å². The molecule has 98 valence electrons. The number of Topliss-reactive ketones (excluding diaryl/α,β-unsaturated/α-hetero) is 1. The summed E-state index contributed by atoms with van der Waals surface area (Å²) >= 11 is 3.11. The molecule has 18 heavy (non-hydrogen) atoms. The van der Waals surface area contributed by atoms with Crippen LogP contribution in [0.25, 0.3) is 0 Å². The summed E-state index contributed by atoms with van der Waals surface area (Å²) in [5, 5.41) is 2.48. The summed E-state index contributed by atoms with van der Waals surface area (Å²) in [6, 6.07) is 3.89. The number of halogens is 2. The summed E-state index contributed by atoms with van der Waals surface area (Å²) in [6.45, 7) is 5.28. The van der Waals surface area contributed by atoms with Gasteiger partial charge in [0.2, 0.25) is 0 Å². The normalized spacial score (nSPS) is 11.2. The van der Waals surface area contributed by atoms with Gasteiger partial charge in [0.25, 0.3) is 5.91 Å². The van der Waals surface area contributed by atoms with Crippen LogP contribution in [0.2, 0.25) is 0 Å². The van der Waals surface area contributed by atoms with Gasteiger partial charge in [-0.3, -0.25) is 9.59 Å². The third kappa shape index (κ3) is 4.22. The lowest BCUT2D eigenvalue weighted by atomic mass is 9.91. The molecule has 0 aliphatic carbocycles. The van der Waals surface area contributed by atoms with Crippen LogP contribution in [0.5, 0.6) is 0 Å². The number of ketones is 1. The first-order valence-electron chi connectivity index (χ1n) is 5.48. The van der Waals surface area contributed by atoms with Crippen LogP contribution in [0.1, 0.15) is 31.1 Å². The van der Waals surface area contributed by atoms with Crippen LogP contribution in [-0.4, -0.2) is 18.2 Å². The zero-order chi connectivity index (χ0) is 13.9. The summed E-state index contributed by atoms with van der Waals surface area (Å²) in [6.07, 6.45) is 0. The van der Waals surface area contributed by atoms with Crippen molar-refractivity contribution in [2.75, 3.05) is 6.54 Å². The number of carbonyl (C=O) groups is 2. The highest BCUT2D eigenvalue weighted by Gasteiger charge is 2.21. The molecule has 0 aliphatic rings. The molecule has 1 aromatic carbocycles. The van der Waals surface area contributed by atoms with Crippen LogP contribution in [-0.2, 0) is 4.79 Å². The molecule has 0 spiro atoms. The first-order valence-corrected chi connectivity index (χ1v) is 6.27. The quantitative estimate of drug-likeness (QED) is 0.932. The second kappa shape index (κ2) is 5.61. The van der Waals surface area contributed by atoms with Gasteiger partial charge in [0.15, 0.2) is 5.78 Å². The molecule has 0 atom stereocenters. The Morgan fingerprint density at radius 3 is 2.39 bits per heavy atom. The first-order chi connectivity index (χ1) is 8.20. The average molecular weight is 316 g/mol. The second-order valence-corrected chi connectivity index (χ2v) is 5.93. The zero-order valence-corrected chi connectivity index (χ0v) is 12.1. The van der Waals surface area contributed by atoms with Crippen LogP contribution >= 0.6 is 15.9 Å². The van der Waals surface area contributed by atoms with Gasteiger partial charge >= 0.3 is 0 Å². The topological polar surface area (TPSA) is 46.2 Å². The van der Waals surface area contributed by atoms with E-state index in [9.17, 15) is 14.0 Å². The van der Waals surface area contributed by atoms with E-state index in [0.717, 1.165) is 6.07 Å². The van der Waals surface area contributed by atoms with E-state index < -0.39 is 17.1 Å². The third-order valence-electron chi connectivity index (χ3n) is 2.37. The highest BCUT2D eigenvalue weighted by Crippen LogP contribution is 2.16. The fourth-order valence-corrected chi connectivity index (χ4v) is 1.68. The Hall–Kier alpha value is -1.23. The summed E-state index contributed by atoms with van der Waals surface area (Å²) in [7, 11) is 0. The first kappa shape index (κ1) is 14.8. The Morgan fingerprint density at radius 2 is 1.89 bits per heavy atom. The molecule has 1 N–H and O–H groups in total. The summed E-state index contributed by atoms with van der Waals surface area (Å²) in [5.74, 6) is -1.05. The molecule has 5 heteroatoms. The van der Waals surface area contributed by atoms with Crippen molar-refractivity contribution >= 4 is 27.6 Å². The second-order valence-electron chi connectivity index (χ2n) is 5.01. The number of nitrogens with one attached hydrogen (secondary N) is 1. The third-order valence-corrected chi connectivity index (χ3v) is 2.83. The number of amides is 1. The van der Waals surface area contributed by atoms with E-state index in [-0.39, 0.29) is 17.9 Å². The Kier molecular flexibility index (Phi) is 4.62. The molecule has 0 heterocycles. The van der Waals surface area contributed by atoms with Gasteiger partial charge in [0.1, 0.15) is 5.82 Å². The fourth-order valence-electron chi connectivity index (χ4n) is 1.21. The Labute approximate surface area is 114 Å². The van der Waals surface area contributed by atoms with Crippen LogP contribution in [0.4, 0.5) is 4.39 Å². The Morgan fingerprint density at radius 1 is 1.28 bits per heavy atom. The zero-order valence-electron chi connectivity index (χ0n) is 10.5. The van der Waals surface area contributed by atoms with Crippen LogP contribution in [0.15, 0.2) is 22.7 Å². The molecule has 0 bridgehead atoms. The molecule has 0 fully saturated rings. The minimum absolute atomic E-state index is 0.0591. The predicted octanol–water partition coefficient (Wildman–Crippen LogP) is 2.93. The molecule has 0 unspecified atom stereocenters. The highest BCUT2D eigenvalue weighted by atomic mass is 79.9. The summed E-state index contributed by atoms with van der Waals surface area (Å²) in [4.78, 5) is 23.4. The van der Waals surface area contributed by atoms with E-state index in [1.807, 2.05) is 0 Å². The molecule has 1 aromatic rings. The maximum atomic E-state index is 13.1. The predicted molar refractivity (Wildman–Crippen MR) is 70.9 cm³/mol. The van der Waals surface area contributed by atoms with Gasteiger partial charge < -0.3 is 5.32 Å². The summed E-state index contributed by atoms with van der Waals surface area (Å²) < 4.78 is 13.6. The number of rotatable bonds is 3. The van der Waals surface area contributed by atoms with Gasteiger partial charge in [-0.2, -0.15) is 0 Å². The van der Waals surface area contributed by atoms with E-state index in [4.69, 9.17) is 0 Å². The maximum Gasteiger partial charge on any atom is 0.251 e. The molecule has 0 aromatic heterocycles. The number of benzene rings is 1. The average Bonchev–Trinajstić information content (AvgIpc) is 2.22. The van der Waals surface area contributed by atoms with Gasteiger partial charge in [0.05, 0.1) is 6.54 Å². The fraction of sp³-hybridized carbons (Fsp3) is 0.385. The molecule has 1 amide bonds. The lowest BCUT2D eigenvalue weighted by molar-refractivity contribution is -0.125. The van der Waals surface area contributed by atoms with Gasteiger partial charge in [-0.15, -0.1) is 0 Å². The molecule has 3 nitrogen and oxygen atoms in total. The van der Waals surface area contributed by atoms with Gasteiger partial charge in [-0.25, -0.2) is 4.39 Å². The molecular formula is C13H15BrFNO2. The van der Waals surface area contributed by atoms with Crippen LogP contribution < -0.4 is 5.32 Å². The Balaban J connectivity index is 2.69. The molecule has 0 saturated carbocycles. The van der Waals surface area contributed by atoms with Gasteiger partial charge in [0, 0.05) is 15.5 Å². The number of hydrogen-bond donors (Lipinski definition) is 1. The summed E-state index contributed by atoms with van der Waals surface area (Å²) in [5.41, 5.74) is -0.320. The molecule has 0 aliphatic heterocycles. The SMILES string of the molecule is CC(C)(C)C(=O)CNC(=O)c1cc(F)cc(Br)c1. The van der Waals surface area contributed by atoms with Crippen molar-refractivity contribution in [2.45, 2.75) is 20.8 Å². The van der Waals surface area contributed by atoms with Crippen LogP contribution in [0, 0.1) is 11.2 Å². The van der Waals surface area contributed by atoms with E-state index in [1.54, 1.807) is 20.8 Å². The number of carbonyl (C=O) groups excluding carboxylic acids is 2. The van der Waals surface area contributed by atoms with Crippen molar-refractivity contribution in [1.29, 1.82) is 0 Å². The van der Waals surface area contributed by atoms with Gasteiger partial charge in [-0.1, -0.05) is 36.7 Å². The van der Waals surface area contributed by atoms with Crippen molar-refractivity contribution in [3.8, 4) is 0 Å². The van der Waals surface area contributed by atoms with Crippen molar-refractivity contribution in [2.24, 2.45) is 5.41 Å². The largest absolute Gasteiger partial charge is 0.345 e. The number of hydrogen-bond acceptors (Lipinski definition) is 2. The standard InChI is InChI=1S/C13H15BrFNO2/c1-13(2,3)11(17)7-16-12(18)8-4-9(14)6-10(15)5-8/h4-6H,7H2,1-3H3,(H,16,18). The highest BCUT2D eigenvalue weighted by molar-refractivity contribution is 9.10. The lowest BCUT2D eigenvalue weighted by Gasteiger charge is -2.16. The van der Waals surface area contributed by atoms with Crippen molar-refractivity contribution < 1.29 is 14.0 Å². The lowest BCUT2D eigenvalue weighted by Crippen LogP contribution is -2.35. The van der Waals surface area contributed by atoms with E-state index in [1.165, 1.54) is 12.1 Å². The minimum atomic E-state index is -0.504. The minimum Gasteiger partial charge on any atom is -0.345 e. The monoisotopic (exact) mass is 315 g/mol. The van der Waals surface area contributed by atoms with Crippen molar-refractivity contribution in [3.05, 3.63) is 34.1 Å². The Bertz CT molecular complexity index is 460. The van der Waals surface area contributed by atoms with E-state index in [0.29, 0.717) is 4.47 Å². The smallest absolute Gasteiger partial charge is 0.251 e. The van der Waals surface area contributed by atoms with Crippen LogP contribution in [0.3, 0.4) is 0 Å². The molecule has 1 rings (SSSR count). The van der Waals surface area contributed by atoms with Crippen molar-refractivity contribution in [1.82, 2.24) is 5.32 Å². The molecular weight excluding hydrogens is 301 g/mol. The molecule has 0 radical (unpaired) electrons.